The number of amides is 1. The Hall–Kier alpha value is -2.27. The number of ether oxygens (including phenoxy) is 2. The lowest BCUT2D eigenvalue weighted by Crippen LogP contribution is -2.08. The monoisotopic (exact) mass is 389 g/mol. The fraction of sp³-hybridized carbons (Fsp3) is 0.211. The van der Waals surface area contributed by atoms with Crippen molar-refractivity contribution in [2.45, 2.75) is 13.8 Å². The van der Waals surface area contributed by atoms with E-state index >= 15 is 0 Å². The minimum Gasteiger partial charge on any atom is -0.493 e. The second-order valence-electron chi connectivity index (χ2n) is 5.13. The molecule has 5 heteroatoms. The third kappa shape index (κ3) is 4.86. The lowest BCUT2D eigenvalue weighted by Gasteiger charge is -2.09. The molecule has 0 saturated heterocycles. The number of hydrogen-bond acceptors (Lipinski definition) is 3. The van der Waals surface area contributed by atoms with Crippen LogP contribution in [0.15, 0.2) is 46.9 Å². The third-order valence-electron chi connectivity index (χ3n) is 3.36. The van der Waals surface area contributed by atoms with Crippen LogP contribution in [0, 0.1) is 6.92 Å². The number of aryl methyl sites for hydroxylation is 1. The van der Waals surface area contributed by atoms with Crippen LogP contribution in [-0.2, 0) is 4.79 Å². The van der Waals surface area contributed by atoms with E-state index in [9.17, 15) is 4.79 Å². The summed E-state index contributed by atoms with van der Waals surface area (Å²) in [7, 11) is 1.59. The molecule has 0 aromatic heterocycles. The van der Waals surface area contributed by atoms with Crippen molar-refractivity contribution in [3.8, 4) is 11.5 Å². The Balaban J connectivity index is 2.08. The number of halogens is 1. The highest BCUT2D eigenvalue weighted by Crippen LogP contribution is 2.28. The van der Waals surface area contributed by atoms with Crippen LogP contribution in [0.4, 0.5) is 5.69 Å². The molecule has 0 atom stereocenters. The first kappa shape index (κ1) is 18.1. The lowest BCUT2D eigenvalue weighted by atomic mass is 10.1. The molecule has 2 aromatic carbocycles. The number of methoxy groups -OCH3 is 1. The zero-order valence-corrected chi connectivity index (χ0v) is 15.5. The van der Waals surface area contributed by atoms with Gasteiger partial charge < -0.3 is 14.8 Å². The Morgan fingerprint density at radius 1 is 1.21 bits per heavy atom. The van der Waals surface area contributed by atoms with Crippen molar-refractivity contribution in [2.24, 2.45) is 0 Å². The number of benzene rings is 2. The molecular weight excluding hydrogens is 370 g/mol. The first-order chi connectivity index (χ1) is 11.5. The summed E-state index contributed by atoms with van der Waals surface area (Å²) < 4.78 is 11.8. The van der Waals surface area contributed by atoms with Gasteiger partial charge in [-0.25, -0.2) is 0 Å². The topological polar surface area (TPSA) is 47.6 Å². The first-order valence-corrected chi connectivity index (χ1v) is 8.39. The Bertz CT molecular complexity index is 756. The van der Waals surface area contributed by atoms with E-state index in [-0.39, 0.29) is 5.91 Å². The fourth-order valence-electron chi connectivity index (χ4n) is 2.18. The van der Waals surface area contributed by atoms with Gasteiger partial charge in [-0.2, -0.15) is 0 Å². The summed E-state index contributed by atoms with van der Waals surface area (Å²) in [5, 5.41) is 2.87. The number of rotatable bonds is 6. The summed E-state index contributed by atoms with van der Waals surface area (Å²) in [6.07, 6.45) is 3.23. The SMILES string of the molecule is CCOc1ccc(C=CC(=O)Nc2ccc(Br)cc2C)cc1OC. The van der Waals surface area contributed by atoms with Crippen LogP contribution >= 0.6 is 15.9 Å². The van der Waals surface area contributed by atoms with Crippen molar-refractivity contribution in [3.63, 3.8) is 0 Å². The maximum Gasteiger partial charge on any atom is 0.248 e. The number of hydrogen-bond donors (Lipinski definition) is 1. The van der Waals surface area contributed by atoms with Crippen LogP contribution in [0.3, 0.4) is 0 Å². The Morgan fingerprint density at radius 2 is 2.00 bits per heavy atom. The molecule has 0 spiro atoms. The minimum atomic E-state index is -0.187. The van der Waals surface area contributed by atoms with Crippen LogP contribution in [0.2, 0.25) is 0 Å². The molecule has 24 heavy (non-hydrogen) atoms. The standard InChI is InChI=1S/C19H20BrNO3/c1-4-24-17-9-5-14(12-18(17)23-3)6-10-19(22)21-16-8-7-15(20)11-13(16)2/h5-12H,4H2,1-3H3,(H,21,22). The van der Waals surface area contributed by atoms with Gasteiger partial charge in [0.15, 0.2) is 11.5 Å². The van der Waals surface area contributed by atoms with Crippen LogP contribution < -0.4 is 14.8 Å². The summed E-state index contributed by atoms with van der Waals surface area (Å²) in [4.78, 5) is 12.1. The minimum absolute atomic E-state index is 0.187. The smallest absolute Gasteiger partial charge is 0.248 e. The Labute approximate surface area is 150 Å². The van der Waals surface area contributed by atoms with Crippen LogP contribution in [-0.4, -0.2) is 19.6 Å². The van der Waals surface area contributed by atoms with Crippen molar-refractivity contribution in [1.82, 2.24) is 0 Å². The van der Waals surface area contributed by atoms with E-state index in [4.69, 9.17) is 9.47 Å². The molecule has 0 bridgehead atoms. The largest absolute Gasteiger partial charge is 0.493 e. The van der Waals surface area contributed by atoms with Crippen LogP contribution in [0.5, 0.6) is 11.5 Å². The van der Waals surface area contributed by atoms with Crippen LogP contribution in [0.25, 0.3) is 6.08 Å². The lowest BCUT2D eigenvalue weighted by molar-refractivity contribution is -0.111. The van der Waals surface area contributed by atoms with E-state index in [1.165, 1.54) is 6.08 Å². The second kappa shape index (κ2) is 8.55. The average Bonchev–Trinajstić information content (AvgIpc) is 2.56. The number of carbonyl (C=O) groups excluding carboxylic acids is 1. The van der Waals surface area contributed by atoms with E-state index < -0.39 is 0 Å². The number of nitrogens with one attached hydrogen (secondary N) is 1. The van der Waals surface area contributed by atoms with E-state index in [0.717, 1.165) is 21.3 Å². The molecule has 2 aromatic rings. The molecule has 0 unspecified atom stereocenters. The van der Waals surface area contributed by atoms with Gasteiger partial charge in [0.05, 0.1) is 13.7 Å². The molecule has 0 aliphatic heterocycles. The summed E-state index contributed by atoms with van der Waals surface area (Å²) in [6.45, 7) is 4.43. The molecule has 2 rings (SSSR count). The molecule has 0 aliphatic carbocycles. The van der Waals surface area contributed by atoms with Gasteiger partial charge in [-0.1, -0.05) is 22.0 Å². The van der Waals surface area contributed by atoms with Gasteiger partial charge in [0.25, 0.3) is 0 Å². The summed E-state index contributed by atoms with van der Waals surface area (Å²) in [6, 6.07) is 11.3. The van der Waals surface area contributed by atoms with Gasteiger partial charge >= 0.3 is 0 Å². The second-order valence-corrected chi connectivity index (χ2v) is 6.04. The fourth-order valence-corrected chi connectivity index (χ4v) is 2.65. The molecule has 126 valence electrons. The quantitative estimate of drug-likeness (QED) is 0.720. The number of carbonyl (C=O) groups is 1. The zero-order chi connectivity index (χ0) is 17.5. The highest BCUT2D eigenvalue weighted by atomic mass is 79.9. The van der Waals surface area contributed by atoms with Gasteiger partial charge in [-0.05, 0) is 61.4 Å². The number of anilines is 1. The van der Waals surface area contributed by atoms with Gasteiger partial charge in [-0.15, -0.1) is 0 Å². The van der Waals surface area contributed by atoms with E-state index in [1.54, 1.807) is 13.2 Å². The van der Waals surface area contributed by atoms with Crippen LogP contribution in [0.1, 0.15) is 18.1 Å². The zero-order valence-electron chi connectivity index (χ0n) is 13.9. The molecule has 0 fully saturated rings. The van der Waals surface area contributed by atoms with Gasteiger partial charge in [-0.3, -0.25) is 4.79 Å². The maximum atomic E-state index is 12.1. The predicted molar refractivity (Wildman–Crippen MR) is 101 cm³/mol. The summed E-state index contributed by atoms with van der Waals surface area (Å²) in [5.74, 6) is 1.14. The van der Waals surface area contributed by atoms with E-state index in [0.29, 0.717) is 18.1 Å². The molecular formula is C19H20BrNO3. The predicted octanol–water partition coefficient (Wildman–Crippen LogP) is 4.82. The molecule has 4 nitrogen and oxygen atoms in total. The van der Waals surface area contributed by atoms with Gasteiger partial charge in [0, 0.05) is 16.2 Å². The maximum absolute atomic E-state index is 12.1. The van der Waals surface area contributed by atoms with Crippen molar-refractivity contribution < 1.29 is 14.3 Å². The van der Waals surface area contributed by atoms with Crippen molar-refractivity contribution >= 4 is 33.6 Å². The normalized spacial score (nSPS) is 10.7. The van der Waals surface area contributed by atoms with E-state index in [1.807, 2.05) is 50.2 Å². The highest BCUT2D eigenvalue weighted by Gasteiger charge is 2.05. The van der Waals surface area contributed by atoms with Crippen molar-refractivity contribution in [1.29, 1.82) is 0 Å². The molecule has 0 saturated carbocycles. The molecule has 1 amide bonds. The molecule has 0 radical (unpaired) electrons. The van der Waals surface area contributed by atoms with Crippen molar-refractivity contribution in [2.75, 3.05) is 19.0 Å². The Morgan fingerprint density at radius 3 is 2.67 bits per heavy atom. The first-order valence-electron chi connectivity index (χ1n) is 7.59. The molecule has 1 N–H and O–H groups in total. The van der Waals surface area contributed by atoms with Gasteiger partial charge in [0.2, 0.25) is 5.91 Å². The van der Waals surface area contributed by atoms with Gasteiger partial charge in [0.1, 0.15) is 0 Å². The highest BCUT2D eigenvalue weighted by molar-refractivity contribution is 9.10. The van der Waals surface area contributed by atoms with Crippen molar-refractivity contribution in [3.05, 3.63) is 58.1 Å². The third-order valence-corrected chi connectivity index (χ3v) is 3.85. The molecule has 0 aliphatic rings. The summed E-state index contributed by atoms with van der Waals surface area (Å²) in [5.41, 5.74) is 2.64. The average molecular weight is 390 g/mol. The van der Waals surface area contributed by atoms with E-state index in [2.05, 4.69) is 21.2 Å². The summed E-state index contributed by atoms with van der Waals surface area (Å²) >= 11 is 3.41. The molecule has 0 heterocycles. The Kier molecular flexibility index (Phi) is 6.44.